The van der Waals surface area contributed by atoms with Crippen LogP contribution in [-0.4, -0.2) is 21.8 Å². The fourth-order valence-electron chi connectivity index (χ4n) is 1.58. The van der Waals surface area contributed by atoms with Gasteiger partial charge in [0.1, 0.15) is 12.4 Å². The highest BCUT2D eigenvalue weighted by atomic mass is 16.5. The molecule has 0 saturated heterocycles. The summed E-state index contributed by atoms with van der Waals surface area (Å²) in [6.45, 7) is 2.39. The Kier molecular flexibility index (Phi) is 3.27. The van der Waals surface area contributed by atoms with Crippen LogP contribution in [0.3, 0.4) is 0 Å². The maximum atomic E-state index is 5.67. The van der Waals surface area contributed by atoms with Crippen molar-refractivity contribution in [1.29, 1.82) is 0 Å². The minimum absolute atomic E-state index is 0.375. The molecule has 1 aromatic heterocycles. The molecule has 0 aliphatic heterocycles. The van der Waals surface area contributed by atoms with E-state index < -0.39 is 0 Å². The fraction of sp³-hybridized carbons (Fsp3) is 0.333. The predicted octanol–water partition coefficient (Wildman–Crippen LogP) is 1.74. The molecular weight excluding hydrogens is 216 g/mol. The molecule has 17 heavy (non-hydrogen) atoms. The van der Waals surface area contributed by atoms with E-state index in [9.17, 15) is 0 Å². The second-order valence-corrected chi connectivity index (χ2v) is 3.78. The Balaban J connectivity index is 2.05. The molecule has 5 nitrogen and oxygen atoms in total. The Bertz CT molecular complexity index is 507. The average molecular weight is 232 g/mol. The van der Waals surface area contributed by atoms with Gasteiger partial charge in [-0.05, 0) is 18.6 Å². The number of aromatic nitrogens is 3. The minimum Gasteiger partial charge on any atom is -0.485 e. The quantitative estimate of drug-likeness (QED) is 0.872. The third-order valence-corrected chi connectivity index (χ3v) is 2.48. The van der Waals surface area contributed by atoms with E-state index in [4.69, 9.17) is 4.74 Å². The molecule has 0 unspecified atom stereocenters. The van der Waals surface area contributed by atoms with Crippen LogP contribution in [0.1, 0.15) is 11.4 Å². The van der Waals surface area contributed by atoms with Gasteiger partial charge in [-0.1, -0.05) is 18.2 Å². The second-order valence-electron chi connectivity index (χ2n) is 3.78. The molecule has 0 saturated carbocycles. The molecule has 0 aliphatic carbocycles. The molecule has 2 aromatic rings. The molecule has 0 radical (unpaired) electrons. The first-order chi connectivity index (χ1) is 8.20. The van der Waals surface area contributed by atoms with E-state index in [1.165, 1.54) is 0 Å². The molecular formula is C12H16N4O. The lowest BCUT2D eigenvalue weighted by Crippen LogP contribution is -2.00. The molecule has 0 amide bonds. The number of anilines is 1. The van der Waals surface area contributed by atoms with Crippen molar-refractivity contribution in [3.05, 3.63) is 35.7 Å². The van der Waals surface area contributed by atoms with Gasteiger partial charge in [0.15, 0.2) is 5.82 Å². The van der Waals surface area contributed by atoms with Crippen LogP contribution in [0, 0.1) is 6.92 Å². The third kappa shape index (κ3) is 2.55. The summed E-state index contributed by atoms with van der Waals surface area (Å²) in [6.07, 6.45) is 0. The number of rotatable bonds is 4. The van der Waals surface area contributed by atoms with Gasteiger partial charge in [-0.3, -0.25) is 0 Å². The van der Waals surface area contributed by atoms with Crippen LogP contribution in [0.25, 0.3) is 0 Å². The lowest BCUT2D eigenvalue weighted by molar-refractivity contribution is 0.293. The molecule has 1 N–H and O–H groups in total. The number of hydrogen-bond donors (Lipinski definition) is 1. The highest BCUT2D eigenvalue weighted by Crippen LogP contribution is 2.17. The van der Waals surface area contributed by atoms with Gasteiger partial charge in [0.05, 0.1) is 0 Å². The molecule has 2 rings (SSSR count). The van der Waals surface area contributed by atoms with Gasteiger partial charge in [-0.2, -0.15) is 10.1 Å². The summed E-state index contributed by atoms with van der Waals surface area (Å²) >= 11 is 0. The van der Waals surface area contributed by atoms with Gasteiger partial charge in [-0.15, -0.1) is 0 Å². The van der Waals surface area contributed by atoms with Gasteiger partial charge in [0.2, 0.25) is 5.95 Å². The first kappa shape index (κ1) is 11.4. The first-order valence-electron chi connectivity index (χ1n) is 5.47. The van der Waals surface area contributed by atoms with Crippen LogP contribution < -0.4 is 10.1 Å². The highest BCUT2D eigenvalue weighted by Gasteiger charge is 2.06. The van der Waals surface area contributed by atoms with E-state index in [2.05, 4.69) is 15.4 Å². The van der Waals surface area contributed by atoms with Gasteiger partial charge in [0, 0.05) is 14.1 Å². The number of nitrogens with zero attached hydrogens (tertiary/aromatic N) is 3. The van der Waals surface area contributed by atoms with Crippen LogP contribution in [0.2, 0.25) is 0 Å². The van der Waals surface area contributed by atoms with Gasteiger partial charge < -0.3 is 10.1 Å². The maximum Gasteiger partial charge on any atom is 0.220 e. The zero-order chi connectivity index (χ0) is 12.3. The Hall–Kier alpha value is -2.04. The minimum atomic E-state index is 0.375. The Morgan fingerprint density at radius 1 is 1.35 bits per heavy atom. The standard InChI is InChI=1S/C12H16N4O/c1-9-6-4-5-7-10(9)17-8-11-14-12(13-2)16(3)15-11/h4-7H,8H2,1-3H3,(H,13,14,15). The zero-order valence-corrected chi connectivity index (χ0v) is 10.3. The molecule has 5 heteroatoms. The average Bonchev–Trinajstić information content (AvgIpc) is 2.69. The summed E-state index contributed by atoms with van der Waals surface area (Å²) in [5, 5.41) is 7.20. The van der Waals surface area contributed by atoms with E-state index in [1.54, 1.807) is 4.68 Å². The van der Waals surface area contributed by atoms with E-state index >= 15 is 0 Å². The zero-order valence-electron chi connectivity index (χ0n) is 10.3. The molecule has 0 fully saturated rings. The van der Waals surface area contributed by atoms with Crippen molar-refractivity contribution < 1.29 is 4.74 Å². The molecule has 1 heterocycles. The summed E-state index contributed by atoms with van der Waals surface area (Å²) in [6, 6.07) is 7.89. The van der Waals surface area contributed by atoms with Crippen molar-refractivity contribution >= 4 is 5.95 Å². The van der Waals surface area contributed by atoms with Crippen LogP contribution in [0.5, 0.6) is 5.75 Å². The van der Waals surface area contributed by atoms with Crippen molar-refractivity contribution in [2.24, 2.45) is 7.05 Å². The van der Waals surface area contributed by atoms with Crippen molar-refractivity contribution in [3.63, 3.8) is 0 Å². The lowest BCUT2D eigenvalue weighted by atomic mass is 10.2. The summed E-state index contributed by atoms with van der Waals surface area (Å²) in [5.74, 6) is 2.26. The third-order valence-electron chi connectivity index (χ3n) is 2.48. The molecule has 90 valence electrons. The number of benzene rings is 1. The van der Waals surface area contributed by atoms with Gasteiger partial charge >= 0.3 is 0 Å². The Morgan fingerprint density at radius 3 is 2.76 bits per heavy atom. The molecule has 1 aromatic carbocycles. The smallest absolute Gasteiger partial charge is 0.220 e. The van der Waals surface area contributed by atoms with Crippen LogP contribution in [0.4, 0.5) is 5.95 Å². The van der Waals surface area contributed by atoms with Crippen molar-refractivity contribution in [3.8, 4) is 5.75 Å². The van der Waals surface area contributed by atoms with Gasteiger partial charge in [0.25, 0.3) is 0 Å². The monoisotopic (exact) mass is 232 g/mol. The summed E-state index contributed by atoms with van der Waals surface area (Å²) in [4.78, 5) is 4.29. The number of nitrogens with one attached hydrogen (secondary N) is 1. The molecule has 0 bridgehead atoms. The van der Waals surface area contributed by atoms with Crippen LogP contribution in [0.15, 0.2) is 24.3 Å². The highest BCUT2D eigenvalue weighted by molar-refractivity contribution is 5.31. The fourth-order valence-corrected chi connectivity index (χ4v) is 1.58. The van der Waals surface area contributed by atoms with E-state index in [-0.39, 0.29) is 0 Å². The van der Waals surface area contributed by atoms with E-state index in [0.29, 0.717) is 12.4 Å². The number of aryl methyl sites for hydroxylation is 2. The summed E-state index contributed by atoms with van der Waals surface area (Å²) in [5.41, 5.74) is 1.11. The Morgan fingerprint density at radius 2 is 2.12 bits per heavy atom. The SMILES string of the molecule is CNc1nc(COc2ccccc2C)nn1C. The van der Waals surface area contributed by atoms with Crippen molar-refractivity contribution in [2.45, 2.75) is 13.5 Å². The molecule has 0 aliphatic rings. The summed E-state index contributed by atoms with van der Waals surface area (Å²) in [7, 11) is 3.66. The number of para-hydroxylation sites is 1. The van der Waals surface area contributed by atoms with Crippen molar-refractivity contribution in [1.82, 2.24) is 14.8 Å². The normalized spacial score (nSPS) is 10.3. The Labute approximate surface area is 100 Å². The van der Waals surface area contributed by atoms with Gasteiger partial charge in [-0.25, -0.2) is 4.68 Å². The molecule has 0 atom stereocenters. The topological polar surface area (TPSA) is 52.0 Å². The lowest BCUT2D eigenvalue weighted by Gasteiger charge is -2.05. The van der Waals surface area contributed by atoms with Crippen LogP contribution >= 0.6 is 0 Å². The largest absolute Gasteiger partial charge is 0.485 e. The second kappa shape index (κ2) is 4.86. The number of hydrogen-bond acceptors (Lipinski definition) is 4. The summed E-state index contributed by atoms with van der Waals surface area (Å²) < 4.78 is 7.36. The first-order valence-corrected chi connectivity index (χ1v) is 5.47. The van der Waals surface area contributed by atoms with Crippen molar-refractivity contribution in [2.75, 3.05) is 12.4 Å². The maximum absolute atomic E-state index is 5.67. The predicted molar refractivity (Wildman–Crippen MR) is 66.1 cm³/mol. The molecule has 0 spiro atoms. The van der Waals surface area contributed by atoms with E-state index in [0.717, 1.165) is 17.3 Å². The van der Waals surface area contributed by atoms with E-state index in [1.807, 2.05) is 45.3 Å². The van der Waals surface area contributed by atoms with Crippen LogP contribution in [-0.2, 0) is 13.7 Å². The number of ether oxygens (including phenoxy) is 1.